The van der Waals surface area contributed by atoms with Crippen molar-refractivity contribution in [3.8, 4) is 5.75 Å². The zero-order valence-electron chi connectivity index (χ0n) is 15.7. The van der Waals surface area contributed by atoms with Crippen molar-refractivity contribution in [2.75, 3.05) is 11.8 Å². The molecule has 0 unspecified atom stereocenters. The van der Waals surface area contributed by atoms with E-state index < -0.39 is 20.9 Å². The molecule has 3 rings (SSSR count). The third-order valence-electron chi connectivity index (χ3n) is 4.09. The fraction of sp³-hybridized carbons (Fsp3) is 0.111. The van der Waals surface area contributed by atoms with Crippen LogP contribution in [0, 0.1) is 10.1 Å². The Morgan fingerprint density at radius 1 is 1.17 bits per heavy atom. The highest BCUT2D eigenvalue weighted by Gasteiger charge is 2.21. The minimum atomic E-state index is -4.09. The number of amides is 1. The average molecular weight is 431 g/mol. The minimum absolute atomic E-state index is 0.00556. The molecular formula is C18H17N5O6S. The molecule has 0 saturated carbocycles. The van der Waals surface area contributed by atoms with Gasteiger partial charge in [0.25, 0.3) is 21.6 Å². The van der Waals surface area contributed by atoms with E-state index in [1.54, 1.807) is 31.4 Å². The quantitative estimate of drug-likeness (QED) is 0.364. The van der Waals surface area contributed by atoms with Crippen LogP contribution in [0.4, 0.5) is 11.5 Å². The van der Waals surface area contributed by atoms with E-state index in [2.05, 4.69) is 20.2 Å². The maximum Gasteiger partial charge on any atom is 0.269 e. The Kier molecular flexibility index (Phi) is 5.97. The molecule has 0 saturated heterocycles. The molecule has 0 bridgehead atoms. The molecule has 1 amide bonds. The van der Waals surface area contributed by atoms with Gasteiger partial charge in [0.1, 0.15) is 17.1 Å². The number of benzene rings is 2. The molecule has 0 aliphatic carbocycles. The lowest BCUT2D eigenvalue weighted by Gasteiger charge is -2.09. The zero-order valence-corrected chi connectivity index (χ0v) is 16.5. The summed E-state index contributed by atoms with van der Waals surface area (Å²) in [6.07, 6.45) is 1.19. The largest absolute Gasteiger partial charge is 0.497 e. The second kappa shape index (κ2) is 8.61. The lowest BCUT2D eigenvalue weighted by Crippen LogP contribution is -2.24. The normalized spacial score (nSPS) is 11.0. The number of H-pyrrole nitrogens is 1. The van der Waals surface area contributed by atoms with Crippen molar-refractivity contribution in [2.45, 2.75) is 11.4 Å². The summed E-state index contributed by atoms with van der Waals surface area (Å²) in [6, 6.07) is 11.4. The summed E-state index contributed by atoms with van der Waals surface area (Å²) < 4.78 is 32.4. The first-order chi connectivity index (χ1) is 14.3. The lowest BCUT2D eigenvalue weighted by atomic mass is 10.2. The van der Waals surface area contributed by atoms with E-state index in [1.807, 2.05) is 0 Å². The van der Waals surface area contributed by atoms with Crippen LogP contribution < -0.4 is 14.8 Å². The van der Waals surface area contributed by atoms with Crippen LogP contribution >= 0.6 is 0 Å². The van der Waals surface area contributed by atoms with Gasteiger partial charge in [-0.25, -0.2) is 8.42 Å². The summed E-state index contributed by atoms with van der Waals surface area (Å²) >= 11 is 0. The summed E-state index contributed by atoms with van der Waals surface area (Å²) in [4.78, 5) is 22.3. The van der Waals surface area contributed by atoms with Crippen LogP contribution in [-0.4, -0.2) is 36.6 Å². The molecule has 0 atom stereocenters. The number of nitrogens with one attached hydrogen (secondary N) is 3. The van der Waals surface area contributed by atoms with Crippen LogP contribution in [0.1, 0.15) is 15.9 Å². The Bertz CT molecular complexity index is 1160. The highest BCUT2D eigenvalue weighted by molar-refractivity contribution is 7.92. The number of methoxy groups -OCH3 is 1. The summed E-state index contributed by atoms with van der Waals surface area (Å²) in [5.74, 6) is 0.0180. The predicted molar refractivity (Wildman–Crippen MR) is 107 cm³/mol. The summed E-state index contributed by atoms with van der Waals surface area (Å²) in [5, 5.41) is 19.5. The number of ether oxygens (including phenoxy) is 1. The molecule has 11 nitrogen and oxygen atoms in total. The van der Waals surface area contributed by atoms with Crippen LogP contribution in [0.25, 0.3) is 0 Å². The molecule has 0 radical (unpaired) electrons. The highest BCUT2D eigenvalue weighted by Crippen LogP contribution is 2.20. The first-order valence-corrected chi connectivity index (χ1v) is 10.0. The SMILES string of the molecule is COc1ccc(CNC(=O)c2cn[nH]c2NS(=O)(=O)c2ccc([N+](=O)[O-])cc2)cc1. The molecule has 3 aromatic rings. The number of hydrogen-bond donors (Lipinski definition) is 3. The van der Waals surface area contributed by atoms with Gasteiger partial charge in [-0.1, -0.05) is 12.1 Å². The Morgan fingerprint density at radius 2 is 1.83 bits per heavy atom. The van der Waals surface area contributed by atoms with Gasteiger partial charge in [-0.3, -0.25) is 24.7 Å². The molecule has 0 fully saturated rings. The van der Waals surface area contributed by atoms with E-state index >= 15 is 0 Å². The molecule has 30 heavy (non-hydrogen) atoms. The van der Waals surface area contributed by atoms with E-state index in [0.717, 1.165) is 29.8 Å². The van der Waals surface area contributed by atoms with Crippen molar-refractivity contribution in [2.24, 2.45) is 0 Å². The number of aromatic amines is 1. The Balaban J connectivity index is 1.70. The van der Waals surface area contributed by atoms with Gasteiger partial charge < -0.3 is 10.1 Å². The molecule has 1 heterocycles. The highest BCUT2D eigenvalue weighted by atomic mass is 32.2. The molecule has 0 spiro atoms. The first-order valence-electron chi connectivity index (χ1n) is 8.52. The van der Waals surface area contributed by atoms with Crippen LogP contribution in [0.2, 0.25) is 0 Å². The topological polar surface area (TPSA) is 156 Å². The molecule has 0 aliphatic heterocycles. The number of anilines is 1. The number of nitrogens with zero attached hydrogens (tertiary/aromatic N) is 2. The van der Waals surface area contributed by atoms with Crippen molar-refractivity contribution in [3.63, 3.8) is 0 Å². The molecule has 3 N–H and O–H groups in total. The van der Waals surface area contributed by atoms with Crippen molar-refractivity contribution < 1.29 is 22.9 Å². The standard InChI is InChI=1S/C18H17N5O6S/c1-29-14-6-2-12(3-7-14)10-19-18(24)16-11-20-21-17(16)22-30(27,28)15-8-4-13(5-9-15)23(25)26/h2-9,11H,10H2,1H3,(H,19,24)(H2,20,21,22). The third kappa shape index (κ3) is 4.72. The van der Waals surface area contributed by atoms with Crippen molar-refractivity contribution in [1.82, 2.24) is 15.5 Å². The number of nitro groups is 1. The molecule has 156 valence electrons. The van der Waals surface area contributed by atoms with Crippen LogP contribution in [0.3, 0.4) is 0 Å². The van der Waals surface area contributed by atoms with E-state index in [1.165, 1.54) is 6.20 Å². The van der Waals surface area contributed by atoms with Gasteiger partial charge >= 0.3 is 0 Å². The van der Waals surface area contributed by atoms with Crippen molar-refractivity contribution in [3.05, 3.63) is 76.0 Å². The number of nitro benzene ring substituents is 1. The summed E-state index contributed by atoms with van der Waals surface area (Å²) in [5.41, 5.74) is 0.573. The summed E-state index contributed by atoms with van der Waals surface area (Å²) in [7, 11) is -2.54. The first kappa shape index (κ1) is 20.8. The van der Waals surface area contributed by atoms with Gasteiger partial charge in [0.2, 0.25) is 0 Å². The van der Waals surface area contributed by atoms with Gasteiger partial charge in [0, 0.05) is 18.7 Å². The van der Waals surface area contributed by atoms with Crippen LogP contribution in [0.15, 0.2) is 59.6 Å². The summed E-state index contributed by atoms with van der Waals surface area (Å²) in [6.45, 7) is 0.211. The third-order valence-corrected chi connectivity index (χ3v) is 5.46. The smallest absolute Gasteiger partial charge is 0.269 e. The van der Waals surface area contributed by atoms with Gasteiger partial charge in [0.05, 0.1) is 23.1 Å². The second-order valence-electron chi connectivity index (χ2n) is 6.05. The zero-order chi connectivity index (χ0) is 21.7. The van der Waals surface area contributed by atoms with Crippen LogP contribution in [-0.2, 0) is 16.6 Å². The molecule has 2 aromatic carbocycles. The van der Waals surface area contributed by atoms with Crippen molar-refractivity contribution >= 4 is 27.4 Å². The molecule has 0 aliphatic rings. The predicted octanol–water partition coefficient (Wildman–Crippen LogP) is 2.06. The van der Waals surface area contributed by atoms with Gasteiger partial charge in [-0.15, -0.1) is 0 Å². The fourth-order valence-electron chi connectivity index (χ4n) is 2.50. The molecule has 12 heteroatoms. The minimum Gasteiger partial charge on any atom is -0.497 e. The average Bonchev–Trinajstić information content (AvgIpc) is 3.20. The molecular weight excluding hydrogens is 414 g/mol. The number of hydrogen-bond acceptors (Lipinski definition) is 7. The number of aromatic nitrogens is 2. The fourth-order valence-corrected chi connectivity index (χ4v) is 3.53. The Hall–Kier alpha value is -3.93. The van der Waals surface area contributed by atoms with E-state index in [9.17, 15) is 23.3 Å². The molecule has 1 aromatic heterocycles. The number of rotatable bonds is 8. The van der Waals surface area contributed by atoms with E-state index in [-0.39, 0.29) is 28.5 Å². The number of carbonyl (C=O) groups excluding carboxylic acids is 1. The Morgan fingerprint density at radius 3 is 2.43 bits per heavy atom. The van der Waals surface area contributed by atoms with Gasteiger partial charge in [-0.05, 0) is 29.8 Å². The Labute approximate surface area is 171 Å². The number of non-ortho nitro benzene ring substituents is 1. The van der Waals surface area contributed by atoms with Gasteiger partial charge in [-0.2, -0.15) is 5.10 Å². The van der Waals surface area contributed by atoms with Gasteiger partial charge in [0.15, 0.2) is 0 Å². The maximum absolute atomic E-state index is 12.5. The maximum atomic E-state index is 12.5. The number of carbonyl (C=O) groups is 1. The van der Waals surface area contributed by atoms with Crippen LogP contribution in [0.5, 0.6) is 5.75 Å². The van der Waals surface area contributed by atoms with Crippen molar-refractivity contribution in [1.29, 1.82) is 0 Å². The second-order valence-corrected chi connectivity index (χ2v) is 7.73. The lowest BCUT2D eigenvalue weighted by molar-refractivity contribution is -0.384. The number of sulfonamides is 1. The monoisotopic (exact) mass is 431 g/mol. The van der Waals surface area contributed by atoms with E-state index in [0.29, 0.717) is 5.75 Å². The van der Waals surface area contributed by atoms with E-state index in [4.69, 9.17) is 4.74 Å².